The zero-order valence-corrected chi connectivity index (χ0v) is 17.2. The number of rotatable bonds is 1. The number of anilines is 3. The van der Waals surface area contributed by atoms with E-state index in [9.17, 15) is 4.79 Å². The number of halogens is 1. The largest absolute Gasteiger partial charge is 0.309 e. The van der Waals surface area contributed by atoms with Crippen molar-refractivity contribution in [1.82, 2.24) is 9.97 Å². The van der Waals surface area contributed by atoms with Crippen LogP contribution in [0.2, 0.25) is 5.15 Å². The van der Waals surface area contributed by atoms with E-state index in [1.807, 2.05) is 43.0 Å². The molecule has 2 aromatic heterocycles. The summed E-state index contributed by atoms with van der Waals surface area (Å²) < 4.78 is 0. The summed E-state index contributed by atoms with van der Waals surface area (Å²) in [4.78, 5) is 25.6. The van der Waals surface area contributed by atoms with Gasteiger partial charge in [-0.15, -0.1) is 0 Å². The monoisotopic (exact) mass is 402 g/mol. The summed E-state index contributed by atoms with van der Waals surface area (Å²) in [5, 5.41) is 0.368. The van der Waals surface area contributed by atoms with Crippen LogP contribution in [-0.4, -0.2) is 29.5 Å². The van der Waals surface area contributed by atoms with Gasteiger partial charge in [0.2, 0.25) is 0 Å². The van der Waals surface area contributed by atoms with Crippen LogP contribution < -0.4 is 9.80 Å². The molecule has 0 N–H and O–H groups in total. The van der Waals surface area contributed by atoms with Crippen molar-refractivity contribution in [3.05, 3.63) is 76.1 Å². The molecule has 4 rings (SSSR count). The number of hydrogen-bond acceptors (Lipinski definition) is 4. The highest BCUT2D eigenvalue weighted by Crippen LogP contribution is 2.38. The van der Waals surface area contributed by atoms with E-state index in [2.05, 4.69) is 21.8 Å². The molecule has 0 spiro atoms. The maximum absolute atomic E-state index is 13.2. The van der Waals surface area contributed by atoms with E-state index in [0.29, 0.717) is 40.1 Å². The number of benzene rings is 1. The quantitative estimate of drug-likeness (QED) is 0.441. The Morgan fingerprint density at radius 3 is 2.48 bits per heavy atom. The second-order valence-electron chi connectivity index (χ2n) is 6.80. The number of aromatic nitrogens is 2. The molecule has 0 saturated heterocycles. The van der Waals surface area contributed by atoms with Crippen molar-refractivity contribution in [2.24, 2.45) is 0 Å². The number of fused-ring (bicyclic) bond motifs is 2. The fraction of sp³-hybridized carbons (Fsp3) is 0.174. The van der Waals surface area contributed by atoms with Gasteiger partial charge in [-0.2, -0.15) is 0 Å². The Morgan fingerprint density at radius 2 is 1.76 bits per heavy atom. The standard InChI is InChI=1S/C23H19ClN4O/c1-4-28-21-18(23(29)27(3)19-11-12-20(24)26-22(19)28)13-17(14-25-21)10-9-16-7-5-15(2)6-8-16/h5-8,11-14H,4H2,1-3H3. The minimum absolute atomic E-state index is 0.159. The molecular weight excluding hydrogens is 384 g/mol. The maximum Gasteiger partial charge on any atom is 0.261 e. The zero-order valence-electron chi connectivity index (χ0n) is 16.4. The molecule has 3 heterocycles. The molecule has 5 nitrogen and oxygen atoms in total. The second-order valence-corrected chi connectivity index (χ2v) is 7.18. The van der Waals surface area contributed by atoms with E-state index in [4.69, 9.17) is 11.6 Å². The number of pyridine rings is 2. The fourth-order valence-corrected chi connectivity index (χ4v) is 3.39. The lowest BCUT2D eigenvalue weighted by molar-refractivity contribution is 0.0994. The third kappa shape index (κ3) is 3.55. The molecule has 0 unspecified atom stereocenters. The Balaban J connectivity index is 1.80. The molecule has 0 fully saturated rings. The number of nitrogens with zero attached hydrogens (tertiary/aromatic N) is 4. The fourth-order valence-electron chi connectivity index (χ4n) is 3.25. The average Bonchev–Trinajstić information content (AvgIpc) is 2.81. The number of carbonyl (C=O) groups is 1. The van der Waals surface area contributed by atoms with Crippen LogP contribution in [0.3, 0.4) is 0 Å². The lowest BCUT2D eigenvalue weighted by Crippen LogP contribution is -2.25. The van der Waals surface area contributed by atoms with E-state index in [-0.39, 0.29) is 5.91 Å². The van der Waals surface area contributed by atoms with Gasteiger partial charge in [0.05, 0.1) is 11.3 Å². The van der Waals surface area contributed by atoms with Crippen LogP contribution in [0.4, 0.5) is 17.3 Å². The SMILES string of the molecule is CCN1c2ncc(C#Cc3ccc(C)cc3)cc2C(=O)N(C)c2ccc(Cl)nc21. The first-order chi connectivity index (χ1) is 14.0. The van der Waals surface area contributed by atoms with Gasteiger partial charge in [0.25, 0.3) is 5.91 Å². The molecule has 0 bridgehead atoms. The summed E-state index contributed by atoms with van der Waals surface area (Å²) in [6.07, 6.45) is 1.69. The van der Waals surface area contributed by atoms with Crippen LogP contribution in [0.1, 0.15) is 34.0 Å². The van der Waals surface area contributed by atoms with Gasteiger partial charge in [0, 0.05) is 30.9 Å². The van der Waals surface area contributed by atoms with Crippen molar-refractivity contribution in [3.63, 3.8) is 0 Å². The Hall–Kier alpha value is -3.36. The van der Waals surface area contributed by atoms with Crippen LogP contribution in [-0.2, 0) is 0 Å². The van der Waals surface area contributed by atoms with E-state index in [1.165, 1.54) is 5.56 Å². The van der Waals surface area contributed by atoms with E-state index >= 15 is 0 Å². The topological polar surface area (TPSA) is 49.3 Å². The van der Waals surface area contributed by atoms with Crippen molar-refractivity contribution >= 4 is 34.8 Å². The number of aryl methyl sites for hydroxylation is 1. The smallest absolute Gasteiger partial charge is 0.261 e. The summed E-state index contributed by atoms with van der Waals surface area (Å²) in [5.74, 6) is 7.25. The normalized spacial score (nSPS) is 12.6. The van der Waals surface area contributed by atoms with Gasteiger partial charge < -0.3 is 9.80 Å². The van der Waals surface area contributed by atoms with Crippen LogP contribution >= 0.6 is 11.6 Å². The van der Waals surface area contributed by atoms with E-state index < -0.39 is 0 Å². The Labute approximate surface area is 175 Å². The second kappa shape index (κ2) is 7.57. The van der Waals surface area contributed by atoms with Gasteiger partial charge in [-0.05, 0) is 44.2 Å². The van der Waals surface area contributed by atoms with Crippen molar-refractivity contribution in [1.29, 1.82) is 0 Å². The van der Waals surface area contributed by atoms with Gasteiger partial charge in [-0.25, -0.2) is 9.97 Å². The summed E-state index contributed by atoms with van der Waals surface area (Å²) in [6, 6.07) is 13.3. The number of amides is 1. The average molecular weight is 403 g/mol. The molecule has 6 heteroatoms. The Kier molecular flexibility index (Phi) is 4.96. The van der Waals surface area contributed by atoms with Gasteiger partial charge in [0.15, 0.2) is 5.82 Å². The van der Waals surface area contributed by atoms with Crippen molar-refractivity contribution in [2.45, 2.75) is 13.8 Å². The van der Waals surface area contributed by atoms with E-state index in [1.54, 1.807) is 36.3 Å². The molecule has 1 aromatic carbocycles. The predicted octanol–water partition coefficient (Wildman–Crippen LogP) is 4.59. The highest BCUT2D eigenvalue weighted by atomic mass is 35.5. The van der Waals surface area contributed by atoms with Gasteiger partial charge >= 0.3 is 0 Å². The highest BCUT2D eigenvalue weighted by Gasteiger charge is 2.30. The summed E-state index contributed by atoms with van der Waals surface area (Å²) >= 11 is 6.12. The number of hydrogen-bond donors (Lipinski definition) is 0. The molecule has 3 aromatic rings. The first-order valence-corrected chi connectivity index (χ1v) is 9.66. The highest BCUT2D eigenvalue weighted by molar-refractivity contribution is 6.29. The molecule has 0 saturated carbocycles. The van der Waals surface area contributed by atoms with Crippen LogP contribution in [0, 0.1) is 18.8 Å². The van der Waals surface area contributed by atoms with Crippen LogP contribution in [0.25, 0.3) is 0 Å². The third-order valence-corrected chi connectivity index (χ3v) is 5.02. The lowest BCUT2D eigenvalue weighted by Gasteiger charge is -2.22. The maximum atomic E-state index is 13.2. The van der Waals surface area contributed by atoms with Crippen molar-refractivity contribution in [3.8, 4) is 11.8 Å². The molecule has 1 amide bonds. The summed E-state index contributed by atoms with van der Waals surface area (Å²) in [6.45, 7) is 4.61. The number of carbonyl (C=O) groups excluding carboxylic acids is 1. The molecule has 144 valence electrons. The Bertz CT molecular complexity index is 1160. The van der Waals surface area contributed by atoms with Crippen molar-refractivity contribution in [2.75, 3.05) is 23.4 Å². The Morgan fingerprint density at radius 1 is 1.03 bits per heavy atom. The minimum atomic E-state index is -0.159. The summed E-state index contributed by atoms with van der Waals surface area (Å²) in [7, 11) is 1.73. The van der Waals surface area contributed by atoms with Crippen molar-refractivity contribution < 1.29 is 4.79 Å². The molecule has 0 atom stereocenters. The van der Waals surface area contributed by atoms with Gasteiger partial charge in [-0.3, -0.25) is 4.79 Å². The van der Waals surface area contributed by atoms with Crippen LogP contribution in [0.15, 0.2) is 48.7 Å². The molecular formula is C23H19ClN4O. The summed E-state index contributed by atoms with van der Waals surface area (Å²) in [5.41, 5.74) is 3.95. The van der Waals surface area contributed by atoms with E-state index in [0.717, 1.165) is 5.56 Å². The minimum Gasteiger partial charge on any atom is -0.309 e. The first-order valence-electron chi connectivity index (χ1n) is 9.29. The lowest BCUT2D eigenvalue weighted by atomic mass is 10.1. The van der Waals surface area contributed by atoms with Crippen LogP contribution in [0.5, 0.6) is 0 Å². The predicted molar refractivity (Wildman–Crippen MR) is 116 cm³/mol. The zero-order chi connectivity index (χ0) is 20.5. The van der Waals surface area contributed by atoms with Gasteiger partial charge in [0.1, 0.15) is 11.0 Å². The molecule has 0 radical (unpaired) electrons. The van der Waals surface area contributed by atoms with Gasteiger partial charge in [-0.1, -0.05) is 41.1 Å². The first kappa shape index (κ1) is 19.0. The molecule has 1 aliphatic rings. The molecule has 0 aliphatic carbocycles. The molecule has 1 aliphatic heterocycles. The molecule has 29 heavy (non-hydrogen) atoms. The third-order valence-electron chi connectivity index (χ3n) is 4.81.